The Morgan fingerprint density at radius 2 is 2.19 bits per heavy atom. The SMILES string of the molecule is CCc1cccc2c(C3=CCN(Cc4cn(C5CCC5)nn4)CC3)c[nH]c12. The predicted octanol–water partition coefficient (Wildman–Crippen LogP) is 4.34. The average Bonchev–Trinajstić information content (AvgIpc) is 3.28. The summed E-state index contributed by atoms with van der Waals surface area (Å²) in [4.78, 5) is 5.97. The van der Waals surface area contributed by atoms with E-state index in [4.69, 9.17) is 0 Å². The number of hydrogen-bond donors (Lipinski definition) is 1. The van der Waals surface area contributed by atoms with E-state index in [0.29, 0.717) is 6.04 Å². The molecule has 5 heteroatoms. The van der Waals surface area contributed by atoms with E-state index in [1.807, 2.05) is 0 Å². The minimum Gasteiger partial charge on any atom is -0.360 e. The molecule has 1 aliphatic carbocycles. The van der Waals surface area contributed by atoms with Gasteiger partial charge in [-0.1, -0.05) is 36.4 Å². The summed E-state index contributed by atoms with van der Waals surface area (Å²) in [5, 5.41) is 10.1. The lowest BCUT2D eigenvalue weighted by Gasteiger charge is -2.26. The highest BCUT2D eigenvalue weighted by Gasteiger charge is 2.22. The summed E-state index contributed by atoms with van der Waals surface area (Å²) >= 11 is 0. The lowest BCUT2D eigenvalue weighted by molar-refractivity contribution is 0.283. The van der Waals surface area contributed by atoms with E-state index in [-0.39, 0.29) is 0 Å². The molecule has 0 saturated heterocycles. The van der Waals surface area contributed by atoms with Gasteiger partial charge in [0.2, 0.25) is 0 Å². The molecular formula is C22H27N5. The summed E-state index contributed by atoms with van der Waals surface area (Å²) in [6.45, 7) is 5.16. The van der Waals surface area contributed by atoms with Crippen molar-refractivity contribution in [2.75, 3.05) is 13.1 Å². The minimum absolute atomic E-state index is 0.592. The highest BCUT2D eigenvalue weighted by atomic mass is 15.4. The first kappa shape index (κ1) is 16.8. The molecule has 1 aromatic carbocycles. The molecule has 2 aromatic heterocycles. The third kappa shape index (κ3) is 3.10. The van der Waals surface area contributed by atoms with Gasteiger partial charge in [0.1, 0.15) is 0 Å². The van der Waals surface area contributed by atoms with Gasteiger partial charge in [0, 0.05) is 42.3 Å². The van der Waals surface area contributed by atoms with Crippen LogP contribution in [-0.2, 0) is 13.0 Å². The predicted molar refractivity (Wildman–Crippen MR) is 108 cm³/mol. The van der Waals surface area contributed by atoms with Crippen LogP contribution in [0.2, 0.25) is 0 Å². The number of aromatic nitrogens is 4. The Morgan fingerprint density at radius 1 is 1.26 bits per heavy atom. The molecule has 1 saturated carbocycles. The summed E-state index contributed by atoms with van der Waals surface area (Å²) in [6, 6.07) is 7.23. The Hall–Kier alpha value is -2.40. The highest BCUT2D eigenvalue weighted by Crippen LogP contribution is 2.32. The van der Waals surface area contributed by atoms with Gasteiger partial charge in [0.05, 0.1) is 17.9 Å². The van der Waals surface area contributed by atoms with Crippen LogP contribution in [0.15, 0.2) is 36.7 Å². The number of aryl methyl sites for hydroxylation is 1. The molecule has 1 N–H and O–H groups in total. The van der Waals surface area contributed by atoms with E-state index >= 15 is 0 Å². The molecule has 140 valence electrons. The zero-order valence-corrected chi connectivity index (χ0v) is 16.0. The van der Waals surface area contributed by atoms with Gasteiger partial charge < -0.3 is 4.98 Å². The maximum atomic E-state index is 4.39. The molecule has 1 aliphatic heterocycles. The first-order chi connectivity index (χ1) is 13.3. The second-order valence-corrected chi connectivity index (χ2v) is 7.88. The smallest absolute Gasteiger partial charge is 0.0967 e. The van der Waals surface area contributed by atoms with E-state index in [0.717, 1.165) is 38.2 Å². The monoisotopic (exact) mass is 361 g/mol. The van der Waals surface area contributed by atoms with Gasteiger partial charge in [-0.05, 0) is 43.2 Å². The van der Waals surface area contributed by atoms with Crippen LogP contribution in [0.1, 0.15) is 55.5 Å². The topological polar surface area (TPSA) is 49.7 Å². The van der Waals surface area contributed by atoms with Crippen molar-refractivity contribution >= 4 is 16.5 Å². The van der Waals surface area contributed by atoms with Crippen molar-refractivity contribution in [2.24, 2.45) is 0 Å². The molecule has 27 heavy (non-hydrogen) atoms. The minimum atomic E-state index is 0.592. The number of fused-ring (bicyclic) bond motifs is 1. The van der Waals surface area contributed by atoms with Crippen molar-refractivity contribution in [3.63, 3.8) is 0 Å². The fourth-order valence-corrected chi connectivity index (χ4v) is 4.32. The summed E-state index contributed by atoms with van der Waals surface area (Å²) in [6.07, 6.45) is 12.7. The normalized spacial score (nSPS) is 18.6. The second-order valence-electron chi connectivity index (χ2n) is 7.88. The molecule has 5 nitrogen and oxygen atoms in total. The first-order valence-corrected chi connectivity index (χ1v) is 10.2. The van der Waals surface area contributed by atoms with Gasteiger partial charge >= 0.3 is 0 Å². The van der Waals surface area contributed by atoms with Gasteiger partial charge in [-0.2, -0.15) is 0 Å². The van der Waals surface area contributed by atoms with Crippen LogP contribution in [0.3, 0.4) is 0 Å². The molecule has 0 radical (unpaired) electrons. The molecule has 0 spiro atoms. The lowest BCUT2D eigenvalue weighted by Crippen LogP contribution is -2.28. The van der Waals surface area contributed by atoms with Crippen LogP contribution < -0.4 is 0 Å². The van der Waals surface area contributed by atoms with Crippen LogP contribution in [0, 0.1) is 0 Å². The maximum Gasteiger partial charge on any atom is 0.0967 e. The molecule has 0 atom stereocenters. The van der Waals surface area contributed by atoms with Gasteiger partial charge in [0.25, 0.3) is 0 Å². The molecule has 5 rings (SSSR count). The van der Waals surface area contributed by atoms with Crippen molar-refractivity contribution in [1.82, 2.24) is 24.9 Å². The molecule has 0 bridgehead atoms. The Kier molecular flexibility index (Phi) is 4.32. The average molecular weight is 361 g/mol. The number of H-pyrrole nitrogens is 1. The number of aromatic amines is 1. The van der Waals surface area contributed by atoms with Gasteiger partial charge in [0.15, 0.2) is 0 Å². The third-order valence-corrected chi connectivity index (χ3v) is 6.21. The van der Waals surface area contributed by atoms with E-state index < -0.39 is 0 Å². The number of rotatable bonds is 5. The molecule has 0 amide bonds. The second kappa shape index (κ2) is 6.97. The van der Waals surface area contributed by atoms with Gasteiger partial charge in [-0.25, -0.2) is 4.68 Å². The Morgan fingerprint density at radius 3 is 2.93 bits per heavy atom. The van der Waals surface area contributed by atoms with Crippen molar-refractivity contribution in [3.8, 4) is 0 Å². The number of nitrogens with zero attached hydrogens (tertiary/aromatic N) is 4. The fourth-order valence-electron chi connectivity index (χ4n) is 4.32. The molecule has 0 unspecified atom stereocenters. The Labute approximate surface area is 160 Å². The molecule has 2 aliphatic rings. The van der Waals surface area contributed by atoms with Crippen LogP contribution in [0.5, 0.6) is 0 Å². The summed E-state index contributed by atoms with van der Waals surface area (Å²) in [5.41, 5.74) is 6.62. The highest BCUT2D eigenvalue weighted by molar-refractivity contribution is 5.94. The Balaban J connectivity index is 1.29. The van der Waals surface area contributed by atoms with Crippen LogP contribution in [0.25, 0.3) is 16.5 Å². The van der Waals surface area contributed by atoms with E-state index in [9.17, 15) is 0 Å². The Bertz CT molecular complexity index is 976. The van der Waals surface area contributed by atoms with Crippen LogP contribution in [-0.4, -0.2) is 38.0 Å². The summed E-state index contributed by atoms with van der Waals surface area (Å²) in [7, 11) is 0. The zero-order valence-electron chi connectivity index (χ0n) is 16.0. The molecule has 3 aromatic rings. The van der Waals surface area contributed by atoms with E-state index in [1.54, 1.807) is 0 Å². The van der Waals surface area contributed by atoms with Gasteiger partial charge in [-0.3, -0.25) is 4.90 Å². The van der Waals surface area contributed by atoms with Crippen LogP contribution in [0.4, 0.5) is 0 Å². The van der Waals surface area contributed by atoms with Crippen molar-refractivity contribution in [3.05, 3.63) is 53.5 Å². The quantitative estimate of drug-likeness (QED) is 0.735. The van der Waals surface area contributed by atoms with E-state index in [1.165, 1.54) is 46.9 Å². The molecular weight excluding hydrogens is 334 g/mol. The number of nitrogens with one attached hydrogen (secondary N) is 1. The van der Waals surface area contributed by atoms with E-state index in [2.05, 4.69) is 68.5 Å². The first-order valence-electron chi connectivity index (χ1n) is 10.2. The maximum absolute atomic E-state index is 4.39. The zero-order chi connectivity index (χ0) is 18.2. The number of para-hydroxylation sites is 1. The lowest BCUT2D eigenvalue weighted by atomic mass is 9.93. The van der Waals surface area contributed by atoms with Crippen molar-refractivity contribution < 1.29 is 0 Å². The largest absolute Gasteiger partial charge is 0.360 e. The molecule has 3 heterocycles. The summed E-state index contributed by atoms with van der Waals surface area (Å²) in [5.74, 6) is 0. The standard InChI is InChI=1S/C22H27N5/c1-2-16-5-3-8-20-21(13-23-22(16)20)17-9-11-26(12-10-17)14-18-15-27(25-24-18)19-6-4-7-19/h3,5,8-9,13,15,19,23H,2,4,6-7,10-12,14H2,1H3. The molecule has 1 fully saturated rings. The summed E-state index contributed by atoms with van der Waals surface area (Å²) < 4.78 is 2.07. The van der Waals surface area contributed by atoms with Gasteiger partial charge in [-0.15, -0.1) is 5.10 Å². The van der Waals surface area contributed by atoms with Crippen molar-refractivity contribution in [2.45, 2.75) is 51.6 Å². The van der Waals surface area contributed by atoms with Crippen molar-refractivity contribution in [1.29, 1.82) is 0 Å². The fraction of sp³-hybridized carbons (Fsp3) is 0.455. The number of hydrogen-bond acceptors (Lipinski definition) is 3. The third-order valence-electron chi connectivity index (χ3n) is 6.21. The van der Waals surface area contributed by atoms with Crippen LogP contribution >= 0.6 is 0 Å². The number of benzene rings is 1.